The number of nitrogens with zero attached hydrogens (tertiary/aromatic N) is 3. The van der Waals surface area contributed by atoms with Gasteiger partial charge in [-0.1, -0.05) is 47.7 Å². The van der Waals surface area contributed by atoms with Crippen molar-refractivity contribution in [3.8, 4) is 11.1 Å². The molecule has 3 heterocycles. The Morgan fingerprint density at radius 2 is 1.97 bits per heavy atom. The van der Waals surface area contributed by atoms with Gasteiger partial charge >= 0.3 is 0 Å². The number of thiazole rings is 1. The zero-order valence-electron chi connectivity index (χ0n) is 17.0. The van der Waals surface area contributed by atoms with Gasteiger partial charge in [0.2, 0.25) is 5.91 Å². The lowest BCUT2D eigenvalue weighted by atomic mass is 10.1. The molecule has 0 atom stereocenters. The zero-order chi connectivity index (χ0) is 22.0. The Morgan fingerprint density at radius 1 is 1.19 bits per heavy atom. The summed E-state index contributed by atoms with van der Waals surface area (Å²) in [6.45, 7) is 8.00. The molecule has 0 saturated carbocycles. The zero-order valence-corrected chi connectivity index (χ0v) is 19.5. The van der Waals surface area contributed by atoms with Crippen LogP contribution < -0.4 is 10.9 Å². The van der Waals surface area contributed by atoms with Crippen molar-refractivity contribution in [1.82, 2.24) is 14.5 Å². The summed E-state index contributed by atoms with van der Waals surface area (Å²) in [5.41, 5.74) is 3.76. The maximum absolute atomic E-state index is 13.4. The van der Waals surface area contributed by atoms with E-state index in [9.17, 15) is 9.59 Å². The fourth-order valence-corrected chi connectivity index (χ4v) is 5.55. The predicted molar refractivity (Wildman–Crippen MR) is 130 cm³/mol. The number of aromatic nitrogens is 3. The number of thioether (sulfide) groups is 1. The van der Waals surface area contributed by atoms with Gasteiger partial charge in [0.1, 0.15) is 4.83 Å². The summed E-state index contributed by atoms with van der Waals surface area (Å²) < 4.78 is 1.57. The Kier molecular flexibility index (Phi) is 6.35. The fourth-order valence-electron chi connectivity index (χ4n) is 3.05. The van der Waals surface area contributed by atoms with Crippen LogP contribution in [0.4, 0.5) is 5.13 Å². The summed E-state index contributed by atoms with van der Waals surface area (Å²) in [6, 6.07) is 8.09. The molecule has 0 bridgehead atoms. The normalized spacial score (nSPS) is 11.0. The van der Waals surface area contributed by atoms with Crippen molar-refractivity contribution in [3.05, 3.63) is 69.3 Å². The summed E-state index contributed by atoms with van der Waals surface area (Å²) in [6.07, 6.45) is 1.66. The van der Waals surface area contributed by atoms with E-state index in [4.69, 9.17) is 4.98 Å². The molecule has 1 amide bonds. The second-order valence-electron chi connectivity index (χ2n) is 6.93. The van der Waals surface area contributed by atoms with Gasteiger partial charge in [-0.3, -0.25) is 14.2 Å². The molecule has 3 aromatic heterocycles. The molecule has 6 nitrogen and oxygen atoms in total. The SMILES string of the molecule is C=CCn1c(SCC(=O)Nc2nc(C)cs2)nc2scc(-c3ccc(C)cc3)c2c1=O. The maximum atomic E-state index is 13.4. The van der Waals surface area contributed by atoms with Gasteiger partial charge in [0.25, 0.3) is 5.56 Å². The number of benzene rings is 1. The Balaban J connectivity index is 1.65. The Labute approximate surface area is 191 Å². The Morgan fingerprint density at radius 3 is 2.65 bits per heavy atom. The van der Waals surface area contributed by atoms with E-state index in [1.807, 2.05) is 48.9 Å². The molecule has 9 heteroatoms. The van der Waals surface area contributed by atoms with E-state index in [2.05, 4.69) is 16.9 Å². The predicted octanol–water partition coefficient (Wildman–Crippen LogP) is 5.12. The van der Waals surface area contributed by atoms with Crippen LogP contribution in [0.15, 0.2) is 57.6 Å². The highest BCUT2D eigenvalue weighted by Gasteiger charge is 2.18. The van der Waals surface area contributed by atoms with Crippen molar-refractivity contribution in [2.75, 3.05) is 11.1 Å². The van der Waals surface area contributed by atoms with Crippen LogP contribution >= 0.6 is 34.4 Å². The summed E-state index contributed by atoms with van der Waals surface area (Å²) in [5.74, 6) is -0.0606. The van der Waals surface area contributed by atoms with Gasteiger partial charge in [0.15, 0.2) is 10.3 Å². The summed E-state index contributed by atoms with van der Waals surface area (Å²) >= 11 is 4.05. The van der Waals surface area contributed by atoms with E-state index in [1.54, 1.807) is 10.6 Å². The number of rotatable bonds is 7. The Bertz CT molecular complexity index is 1320. The van der Waals surface area contributed by atoms with Gasteiger partial charge in [-0.05, 0) is 19.4 Å². The molecule has 0 unspecified atom stereocenters. The molecule has 4 aromatic rings. The highest BCUT2D eigenvalue weighted by molar-refractivity contribution is 7.99. The fraction of sp³-hybridized carbons (Fsp3) is 0.182. The minimum Gasteiger partial charge on any atom is -0.301 e. The van der Waals surface area contributed by atoms with Crippen LogP contribution in [0.3, 0.4) is 0 Å². The molecule has 158 valence electrons. The smallest absolute Gasteiger partial charge is 0.263 e. The molecule has 0 radical (unpaired) electrons. The van der Waals surface area contributed by atoms with E-state index >= 15 is 0 Å². The van der Waals surface area contributed by atoms with Gasteiger partial charge in [0, 0.05) is 22.9 Å². The van der Waals surface area contributed by atoms with Gasteiger partial charge in [-0.15, -0.1) is 29.3 Å². The minimum atomic E-state index is -0.189. The first-order chi connectivity index (χ1) is 15.0. The van der Waals surface area contributed by atoms with E-state index < -0.39 is 0 Å². The second kappa shape index (κ2) is 9.17. The number of thiophene rings is 1. The summed E-state index contributed by atoms with van der Waals surface area (Å²) in [7, 11) is 0. The number of aryl methyl sites for hydroxylation is 2. The molecule has 1 N–H and O–H groups in total. The van der Waals surface area contributed by atoms with Crippen molar-refractivity contribution in [1.29, 1.82) is 0 Å². The first kappa shape index (κ1) is 21.5. The molecule has 0 spiro atoms. The summed E-state index contributed by atoms with van der Waals surface area (Å²) in [4.78, 5) is 35.3. The minimum absolute atomic E-state index is 0.125. The van der Waals surface area contributed by atoms with Crippen molar-refractivity contribution in [2.24, 2.45) is 0 Å². The van der Waals surface area contributed by atoms with E-state index in [-0.39, 0.29) is 17.2 Å². The average Bonchev–Trinajstić information content (AvgIpc) is 3.35. The van der Waals surface area contributed by atoms with Crippen LogP contribution in [0.5, 0.6) is 0 Å². The molecule has 31 heavy (non-hydrogen) atoms. The number of fused-ring (bicyclic) bond motifs is 1. The molecular weight excluding hydrogens is 448 g/mol. The number of allylic oxidation sites excluding steroid dienone is 1. The summed E-state index contributed by atoms with van der Waals surface area (Å²) in [5, 5.41) is 8.29. The first-order valence-electron chi connectivity index (χ1n) is 9.51. The third-order valence-electron chi connectivity index (χ3n) is 4.53. The highest BCUT2D eigenvalue weighted by atomic mass is 32.2. The number of nitrogens with one attached hydrogen (secondary N) is 1. The maximum Gasteiger partial charge on any atom is 0.263 e. The lowest BCUT2D eigenvalue weighted by Crippen LogP contribution is -2.23. The van der Waals surface area contributed by atoms with Crippen LogP contribution in [0, 0.1) is 13.8 Å². The lowest BCUT2D eigenvalue weighted by molar-refractivity contribution is -0.113. The molecule has 4 rings (SSSR count). The van der Waals surface area contributed by atoms with Crippen LogP contribution in [-0.2, 0) is 11.3 Å². The second-order valence-corrected chi connectivity index (χ2v) is 9.58. The van der Waals surface area contributed by atoms with Crippen molar-refractivity contribution < 1.29 is 4.79 Å². The molecule has 0 saturated heterocycles. The lowest BCUT2D eigenvalue weighted by Gasteiger charge is -2.10. The van der Waals surface area contributed by atoms with Crippen LogP contribution in [0.2, 0.25) is 0 Å². The molecule has 0 aliphatic carbocycles. The van der Waals surface area contributed by atoms with Crippen LogP contribution in [0.25, 0.3) is 21.3 Å². The van der Waals surface area contributed by atoms with Crippen LogP contribution in [-0.4, -0.2) is 26.2 Å². The van der Waals surface area contributed by atoms with Gasteiger partial charge in [-0.25, -0.2) is 9.97 Å². The quantitative estimate of drug-likeness (QED) is 0.232. The molecule has 0 aliphatic heterocycles. The number of hydrogen-bond acceptors (Lipinski definition) is 7. The third-order valence-corrected chi connectivity index (χ3v) is 7.25. The molecule has 1 aromatic carbocycles. The number of carbonyl (C=O) groups is 1. The number of hydrogen-bond donors (Lipinski definition) is 1. The Hall–Kier alpha value is -2.75. The third kappa shape index (κ3) is 4.63. The number of amides is 1. The molecular formula is C22H20N4O2S3. The van der Waals surface area contributed by atoms with Crippen LogP contribution in [0.1, 0.15) is 11.3 Å². The molecule has 0 aliphatic rings. The van der Waals surface area contributed by atoms with Crippen molar-refractivity contribution >= 4 is 55.7 Å². The number of anilines is 1. The van der Waals surface area contributed by atoms with Crippen molar-refractivity contribution in [3.63, 3.8) is 0 Å². The van der Waals surface area contributed by atoms with Gasteiger partial charge in [-0.2, -0.15) is 0 Å². The van der Waals surface area contributed by atoms with Gasteiger partial charge in [0.05, 0.1) is 16.8 Å². The van der Waals surface area contributed by atoms with E-state index in [0.29, 0.717) is 27.0 Å². The molecule has 0 fully saturated rings. The monoisotopic (exact) mass is 468 g/mol. The van der Waals surface area contributed by atoms with E-state index in [1.165, 1.54) is 34.4 Å². The average molecular weight is 469 g/mol. The number of carbonyl (C=O) groups excluding carboxylic acids is 1. The standard InChI is InChI=1S/C22H20N4O2S3/c1-4-9-26-20(28)18-16(15-7-5-13(2)6-8-15)11-29-19(18)25-22(26)31-12-17(27)24-21-23-14(3)10-30-21/h4-8,10-11H,1,9,12H2,2-3H3,(H,23,24,27). The van der Waals surface area contributed by atoms with Crippen molar-refractivity contribution in [2.45, 2.75) is 25.5 Å². The van der Waals surface area contributed by atoms with Gasteiger partial charge < -0.3 is 5.32 Å². The highest BCUT2D eigenvalue weighted by Crippen LogP contribution is 2.32. The topological polar surface area (TPSA) is 76.9 Å². The largest absolute Gasteiger partial charge is 0.301 e. The first-order valence-corrected chi connectivity index (χ1v) is 12.3. The van der Waals surface area contributed by atoms with E-state index in [0.717, 1.165) is 22.4 Å².